The van der Waals surface area contributed by atoms with Gasteiger partial charge >= 0.3 is 0 Å². The quantitative estimate of drug-likeness (QED) is 0.489. The maximum Gasteiger partial charge on any atom is 0.173 e. The average Bonchev–Trinajstić information content (AvgIpc) is 2.58. The monoisotopic (exact) mass is 418 g/mol. The van der Waals surface area contributed by atoms with Crippen LogP contribution in [0.1, 0.15) is 77.6 Å². The minimum atomic E-state index is -0.263. The van der Waals surface area contributed by atoms with Crippen molar-refractivity contribution in [2.24, 2.45) is 0 Å². The van der Waals surface area contributed by atoms with Crippen LogP contribution in [0.25, 0.3) is 0 Å². The summed E-state index contributed by atoms with van der Waals surface area (Å²) in [5.41, 5.74) is 4.45. The Balaban J connectivity index is 2.33. The van der Waals surface area contributed by atoms with Crippen molar-refractivity contribution in [2.45, 2.75) is 71.6 Å². The van der Waals surface area contributed by atoms with E-state index in [0.29, 0.717) is 0 Å². The molecule has 0 radical (unpaired) electrons. The predicted molar refractivity (Wildman–Crippen MR) is 123 cm³/mol. The van der Waals surface area contributed by atoms with Crippen molar-refractivity contribution >= 4 is 18.9 Å². The Morgan fingerprint density at radius 3 is 1.36 bits per heavy atom. The Hall–Kier alpha value is -1.30. The van der Waals surface area contributed by atoms with Crippen molar-refractivity contribution in [1.82, 2.24) is 0 Å². The minimum absolute atomic E-state index is 0.00488. The molecule has 0 fully saturated rings. The summed E-state index contributed by atoms with van der Waals surface area (Å²) in [4.78, 5) is 0. The standard InChI is InChI=1S/C23H32O3P2/c1-21(2,3)13-9-15-19(17(11-13)25-27)24-20-16(23(15,7)8)10-14(22(4,5)6)12-18(20)26-28/h9-12H,27-28H2,1-8H3. The molecule has 0 bridgehead atoms. The van der Waals surface area contributed by atoms with Gasteiger partial charge in [0.1, 0.15) is 0 Å². The third-order valence-corrected chi connectivity index (χ3v) is 6.15. The Labute approximate surface area is 174 Å². The van der Waals surface area contributed by atoms with Gasteiger partial charge in [-0.2, -0.15) is 0 Å². The summed E-state index contributed by atoms with van der Waals surface area (Å²) >= 11 is 0. The van der Waals surface area contributed by atoms with Gasteiger partial charge in [0.2, 0.25) is 0 Å². The van der Waals surface area contributed by atoms with E-state index in [2.05, 4.69) is 98.6 Å². The lowest BCUT2D eigenvalue weighted by Gasteiger charge is -2.38. The third-order valence-electron chi connectivity index (χ3n) is 5.65. The second-order valence-electron chi connectivity index (χ2n) is 10.2. The molecule has 1 aliphatic rings. The lowest BCUT2D eigenvalue weighted by Crippen LogP contribution is -2.27. The topological polar surface area (TPSA) is 27.7 Å². The highest BCUT2D eigenvalue weighted by atomic mass is 31.0. The fourth-order valence-electron chi connectivity index (χ4n) is 3.63. The summed E-state index contributed by atoms with van der Waals surface area (Å²) in [6.07, 6.45) is 0. The van der Waals surface area contributed by atoms with Crippen molar-refractivity contribution in [3.05, 3.63) is 46.5 Å². The van der Waals surface area contributed by atoms with Crippen LogP contribution in [-0.4, -0.2) is 0 Å². The molecular formula is C23H32O3P2. The normalized spacial score (nSPS) is 15.4. The second kappa shape index (κ2) is 6.89. The molecule has 3 nitrogen and oxygen atoms in total. The Morgan fingerprint density at radius 1 is 0.714 bits per heavy atom. The van der Waals surface area contributed by atoms with Gasteiger partial charge in [-0.15, -0.1) is 0 Å². The van der Waals surface area contributed by atoms with Crippen LogP contribution in [0, 0.1) is 0 Å². The molecule has 5 heteroatoms. The lowest BCUT2D eigenvalue weighted by atomic mass is 9.72. The van der Waals surface area contributed by atoms with Crippen LogP contribution in [0.2, 0.25) is 0 Å². The number of benzene rings is 2. The van der Waals surface area contributed by atoms with Gasteiger partial charge in [0.15, 0.2) is 23.0 Å². The molecule has 0 aliphatic carbocycles. The van der Waals surface area contributed by atoms with E-state index in [4.69, 9.17) is 13.8 Å². The summed E-state index contributed by atoms with van der Waals surface area (Å²) < 4.78 is 17.7. The van der Waals surface area contributed by atoms with Gasteiger partial charge in [0.05, 0.1) is 18.9 Å². The summed E-state index contributed by atoms with van der Waals surface area (Å²) in [5, 5.41) is 0. The van der Waals surface area contributed by atoms with Gasteiger partial charge in [-0.25, -0.2) is 0 Å². The van der Waals surface area contributed by atoms with E-state index in [1.54, 1.807) is 0 Å². The zero-order chi connectivity index (χ0) is 21.1. The summed E-state index contributed by atoms with van der Waals surface area (Å²) in [6.45, 7) is 17.8. The first-order chi connectivity index (χ1) is 12.8. The first-order valence-electron chi connectivity index (χ1n) is 9.60. The Morgan fingerprint density at radius 2 is 1.07 bits per heavy atom. The summed E-state index contributed by atoms with van der Waals surface area (Å²) in [5.74, 6) is 2.96. The van der Waals surface area contributed by atoms with Crippen LogP contribution >= 0.6 is 18.9 Å². The molecule has 1 aliphatic heterocycles. The SMILES string of the molecule is CC(C)(C)c1cc(OP)c2c(c1)C(C)(C)c1cc(C(C)(C)C)cc(OP)c1O2. The van der Waals surface area contributed by atoms with E-state index in [9.17, 15) is 0 Å². The Kier molecular flexibility index (Phi) is 5.27. The number of hydrogen-bond donors (Lipinski definition) is 0. The molecule has 28 heavy (non-hydrogen) atoms. The largest absolute Gasteiger partial charge is 0.476 e. The van der Waals surface area contributed by atoms with Crippen LogP contribution in [0.5, 0.6) is 23.0 Å². The molecule has 1 heterocycles. The third kappa shape index (κ3) is 3.53. The zero-order valence-electron chi connectivity index (χ0n) is 18.2. The van der Waals surface area contributed by atoms with E-state index in [1.165, 1.54) is 11.1 Å². The van der Waals surface area contributed by atoms with Gasteiger partial charge in [-0.05, 0) is 34.1 Å². The van der Waals surface area contributed by atoms with Crippen LogP contribution < -0.4 is 13.8 Å². The molecule has 2 unspecified atom stereocenters. The van der Waals surface area contributed by atoms with Crippen molar-refractivity contribution in [2.75, 3.05) is 0 Å². The van der Waals surface area contributed by atoms with Crippen LogP contribution in [0.3, 0.4) is 0 Å². The molecule has 2 aromatic carbocycles. The highest BCUT2D eigenvalue weighted by molar-refractivity contribution is 7.10. The number of hydrogen-bond acceptors (Lipinski definition) is 3. The van der Waals surface area contributed by atoms with Gasteiger partial charge in [-0.3, -0.25) is 0 Å². The van der Waals surface area contributed by atoms with Gasteiger partial charge in [0.25, 0.3) is 0 Å². The lowest BCUT2D eigenvalue weighted by molar-refractivity contribution is 0.386. The van der Waals surface area contributed by atoms with Crippen molar-refractivity contribution in [1.29, 1.82) is 0 Å². The van der Waals surface area contributed by atoms with Crippen LogP contribution in [0.4, 0.5) is 0 Å². The summed E-state index contributed by atoms with van der Waals surface area (Å²) in [7, 11) is 4.71. The molecule has 0 saturated carbocycles. The minimum Gasteiger partial charge on any atom is -0.476 e. The smallest absolute Gasteiger partial charge is 0.173 e. The average molecular weight is 418 g/mol. The molecule has 2 aromatic rings. The van der Waals surface area contributed by atoms with E-state index in [0.717, 1.165) is 34.1 Å². The van der Waals surface area contributed by atoms with Gasteiger partial charge in [-0.1, -0.05) is 67.5 Å². The Bertz CT molecular complexity index is 845. The number of fused-ring (bicyclic) bond motifs is 2. The molecule has 0 amide bonds. The van der Waals surface area contributed by atoms with Crippen LogP contribution in [0.15, 0.2) is 24.3 Å². The van der Waals surface area contributed by atoms with E-state index in [-0.39, 0.29) is 16.2 Å². The fourth-order valence-corrected chi connectivity index (χ4v) is 3.98. The zero-order valence-corrected chi connectivity index (χ0v) is 20.5. The number of rotatable bonds is 2. The first kappa shape index (κ1) is 21.4. The van der Waals surface area contributed by atoms with E-state index >= 15 is 0 Å². The van der Waals surface area contributed by atoms with Gasteiger partial charge in [0, 0.05) is 16.5 Å². The second-order valence-corrected chi connectivity index (χ2v) is 10.6. The maximum absolute atomic E-state index is 6.42. The van der Waals surface area contributed by atoms with E-state index < -0.39 is 0 Å². The maximum atomic E-state index is 6.42. The van der Waals surface area contributed by atoms with Crippen molar-refractivity contribution < 1.29 is 13.8 Å². The highest BCUT2D eigenvalue weighted by Crippen LogP contribution is 2.56. The molecule has 0 N–H and O–H groups in total. The highest BCUT2D eigenvalue weighted by Gasteiger charge is 2.39. The molecule has 152 valence electrons. The molecule has 3 rings (SSSR count). The summed E-state index contributed by atoms with van der Waals surface area (Å²) in [6, 6.07) is 8.65. The number of ether oxygens (including phenoxy) is 1. The van der Waals surface area contributed by atoms with Crippen molar-refractivity contribution in [3.63, 3.8) is 0 Å². The molecule has 0 spiro atoms. The predicted octanol–water partition coefficient (Wildman–Crippen LogP) is 7.05. The molecular weight excluding hydrogens is 386 g/mol. The van der Waals surface area contributed by atoms with Crippen LogP contribution in [-0.2, 0) is 16.2 Å². The fraction of sp³-hybridized carbons (Fsp3) is 0.478. The first-order valence-corrected chi connectivity index (χ1v) is 10.5. The molecule has 0 saturated heterocycles. The van der Waals surface area contributed by atoms with Gasteiger partial charge < -0.3 is 13.8 Å². The molecule has 2 atom stereocenters. The molecule has 0 aromatic heterocycles. The van der Waals surface area contributed by atoms with Crippen molar-refractivity contribution in [3.8, 4) is 23.0 Å². The van der Waals surface area contributed by atoms with E-state index in [1.807, 2.05) is 0 Å².